The lowest BCUT2D eigenvalue weighted by Crippen LogP contribution is -2.58. The van der Waals surface area contributed by atoms with Crippen LogP contribution in [0.25, 0.3) is 0 Å². The molecule has 0 bridgehead atoms. The van der Waals surface area contributed by atoms with Crippen molar-refractivity contribution in [3.63, 3.8) is 0 Å². The topological polar surface area (TPSA) is 51.7 Å². The summed E-state index contributed by atoms with van der Waals surface area (Å²) in [5.74, 6) is 0.0805. The molecule has 114 valence electrons. The Kier molecular flexibility index (Phi) is 4.22. The van der Waals surface area contributed by atoms with Gasteiger partial charge in [0.1, 0.15) is 0 Å². The van der Waals surface area contributed by atoms with Crippen LogP contribution >= 0.6 is 0 Å². The molecule has 3 heterocycles. The average molecular weight is 290 g/mol. The van der Waals surface area contributed by atoms with Crippen LogP contribution in [-0.2, 0) is 9.47 Å². The highest BCUT2D eigenvalue weighted by atomic mass is 16.5. The van der Waals surface area contributed by atoms with Gasteiger partial charge in [-0.2, -0.15) is 0 Å². The molecule has 1 aromatic heterocycles. The molecule has 1 amide bonds. The summed E-state index contributed by atoms with van der Waals surface area (Å²) in [7, 11) is 1.73. The van der Waals surface area contributed by atoms with Gasteiger partial charge in [0.15, 0.2) is 0 Å². The Morgan fingerprint density at radius 1 is 1.52 bits per heavy atom. The van der Waals surface area contributed by atoms with Gasteiger partial charge in [-0.15, -0.1) is 0 Å². The molecule has 0 aromatic carbocycles. The Morgan fingerprint density at radius 2 is 2.33 bits per heavy atom. The van der Waals surface area contributed by atoms with Crippen molar-refractivity contribution in [2.45, 2.75) is 25.4 Å². The molecule has 21 heavy (non-hydrogen) atoms. The maximum atomic E-state index is 12.6. The van der Waals surface area contributed by atoms with Crippen LogP contribution in [0, 0.1) is 5.41 Å². The number of fused-ring (bicyclic) bond motifs is 1. The summed E-state index contributed by atoms with van der Waals surface area (Å²) in [6.45, 7) is 2.94. The Hall–Kier alpha value is -1.46. The van der Waals surface area contributed by atoms with Crippen LogP contribution in [0.5, 0.6) is 0 Å². The number of likely N-dealkylation sites (tertiary alicyclic amines) is 1. The third kappa shape index (κ3) is 2.80. The first kappa shape index (κ1) is 14.5. The number of hydrogen-bond donors (Lipinski definition) is 0. The normalized spacial score (nSPS) is 29.0. The van der Waals surface area contributed by atoms with E-state index in [-0.39, 0.29) is 17.4 Å². The number of carbonyl (C=O) groups is 1. The maximum Gasteiger partial charge on any atom is 0.253 e. The number of aromatic nitrogens is 1. The second kappa shape index (κ2) is 6.12. The van der Waals surface area contributed by atoms with Crippen LogP contribution in [0.3, 0.4) is 0 Å². The van der Waals surface area contributed by atoms with Gasteiger partial charge < -0.3 is 14.4 Å². The monoisotopic (exact) mass is 290 g/mol. The van der Waals surface area contributed by atoms with E-state index in [0.717, 1.165) is 32.4 Å². The highest BCUT2D eigenvalue weighted by Crippen LogP contribution is 2.40. The van der Waals surface area contributed by atoms with E-state index in [1.54, 1.807) is 31.6 Å². The number of amides is 1. The Labute approximate surface area is 125 Å². The zero-order valence-electron chi connectivity index (χ0n) is 12.5. The quantitative estimate of drug-likeness (QED) is 0.851. The Balaban J connectivity index is 1.78. The summed E-state index contributed by atoms with van der Waals surface area (Å²) in [6, 6.07) is 3.55. The Bertz CT molecular complexity index is 490. The molecule has 0 aliphatic carbocycles. The molecule has 2 aliphatic rings. The van der Waals surface area contributed by atoms with E-state index in [1.165, 1.54) is 0 Å². The summed E-state index contributed by atoms with van der Waals surface area (Å²) < 4.78 is 11.4. The molecule has 2 saturated heterocycles. The fourth-order valence-electron chi connectivity index (χ4n) is 3.64. The molecule has 0 unspecified atom stereocenters. The van der Waals surface area contributed by atoms with Crippen molar-refractivity contribution in [2.24, 2.45) is 5.41 Å². The van der Waals surface area contributed by atoms with Gasteiger partial charge in [0.05, 0.1) is 12.7 Å². The molecular weight excluding hydrogens is 268 g/mol. The van der Waals surface area contributed by atoms with E-state index in [4.69, 9.17) is 9.47 Å². The van der Waals surface area contributed by atoms with E-state index in [9.17, 15) is 4.79 Å². The molecule has 0 radical (unpaired) electrons. The van der Waals surface area contributed by atoms with Crippen molar-refractivity contribution in [2.75, 3.05) is 33.4 Å². The fourth-order valence-corrected chi connectivity index (χ4v) is 3.64. The standard InChI is InChI=1S/C16H22N2O3/c1-20-12-16-6-2-10-21-14(16)5-9-18(11-16)15(19)13-3-7-17-8-4-13/h3-4,7-8,14H,2,5-6,9-12H2,1H3/t14-,16-/m1/s1. The van der Waals surface area contributed by atoms with E-state index < -0.39 is 0 Å². The minimum atomic E-state index is -0.0477. The lowest BCUT2D eigenvalue weighted by molar-refractivity contribution is -0.142. The van der Waals surface area contributed by atoms with Crippen molar-refractivity contribution in [3.05, 3.63) is 30.1 Å². The zero-order chi connectivity index (χ0) is 14.7. The number of hydrogen-bond acceptors (Lipinski definition) is 4. The van der Waals surface area contributed by atoms with Crippen molar-refractivity contribution >= 4 is 5.91 Å². The molecule has 2 aliphatic heterocycles. The van der Waals surface area contributed by atoms with Gasteiger partial charge in [0.2, 0.25) is 0 Å². The largest absolute Gasteiger partial charge is 0.384 e. The molecule has 2 atom stereocenters. The fraction of sp³-hybridized carbons (Fsp3) is 0.625. The minimum Gasteiger partial charge on any atom is -0.384 e. The van der Waals surface area contributed by atoms with Crippen LogP contribution < -0.4 is 0 Å². The van der Waals surface area contributed by atoms with Crippen molar-refractivity contribution in [1.82, 2.24) is 9.88 Å². The summed E-state index contributed by atoms with van der Waals surface area (Å²) in [6.07, 6.45) is 6.53. The summed E-state index contributed by atoms with van der Waals surface area (Å²) in [5, 5.41) is 0. The molecule has 1 aromatic rings. The second-order valence-corrected chi connectivity index (χ2v) is 6.01. The average Bonchev–Trinajstić information content (AvgIpc) is 2.54. The van der Waals surface area contributed by atoms with Gasteiger partial charge in [-0.25, -0.2) is 0 Å². The molecule has 0 spiro atoms. The number of methoxy groups -OCH3 is 1. The van der Waals surface area contributed by atoms with Crippen LogP contribution in [0.1, 0.15) is 29.6 Å². The van der Waals surface area contributed by atoms with Crippen LogP contribution in [-0.4, -0.2) is 55.3 Å². The molecule has 3 rings (SSSR count). The molecule has 5 heteroatoms. The number of rotatable bonds is 3. The predicted molar refractivity (Wildman–Crippen MR) is 78.0 cm³/mol. The van der Waals surface area contributed by atoms with Crippen LogP contribution in [0.15, 0.2) is 24.5 Å². The molecule has 2 fully saturated rings. The summed E-state index contributed by atoms with van der Waals surface area (Å²) >= 11 is 0. The van der Waals surface area contributed by atoms with Gasteiger partial charge in [-0.1, -0.05) is 0 Å². The molecule has 0 N–H and O–H groups in total. The SMILES string of the molecule is COC[C@]12CCCO[C@@H]1CCN(C(=O)c1ccncc1)C2. The van der Waals surface area contributed by atoms with E-state index in [0.29, 0.717) is 18.7 Å². The lowest BCUT2D eigenvalue weighted by Gasteiger charge is -2.50. The number of ether oxygens (including phenoxy) is 2. The van der Waals surface area contributed by atoms with Gasteiger partial charge in [0.25, 0.3) is 5.91 Å². The highest BCUT2D eigenvalue weighted by molar-refractivity contribution is 5.94. The minimum absolute atomic E-state index is 0.0477. The van der Waals surface area contributed by atoms with Crippen LogP contribution in [0.2, 0.25) is 0 Å². The van der Waals surface area contributed by atoms with E-state index in [1.807, 2.05) is 4.90 Å². The first-order chi connectivity index (χ1) is 10.2. The number of pyridine rings is 1. The Morgan fingerprint density at radius 3 is 3.10 bits per heavy atom. The zero-order valence-corrected chi connectivity index (χ0v) is 12.5. The number of piperidine rings is 1. The van der Waals surface area contributed by atoms with E-state index in [2.05, 4.69) is 4.98 Å². The van der Waals surface area contributed by atoms with Gasteiger partial charge in [-0.3, -0.25) is 9.78 Å². The third-order valence-corrected chi connectivity index (χ3v) is 4.63. The smallest absolute Gasteiger partial charge is 0.253 e. The first-order valence-electron chi connectivity index (χ1n) is 7.55. The van der Waals surface area contributed by atoms with Crippen LogP contribution in [0.4, 0.5) is 0 Å². The van der Waals surface area contributed by atoms with Crippen molar-refractivity contribution < 1.29 is 14.3 Å². The van der Waals surface area contributed by atoms with Crippen molar-refractivity contribution in [1.29, 1.82) is 0 Å². The molecule has 5 nitrogen and oxygen atoms in total. The first-order valence-corrected chi connectivity index (χ1v) is 7.55. The summed E-state index contributed by atoms with van der Waals surface area (Å²) in [5.41, 5.74) is 0.654. The number of nitrogens with zero attached hydrogens (tertiary/aromatic N) is 2. The highest BCUT2D eigenvalue weighted by Gasteiger charge is 2.47. The molecule has 0 saturated carbocycles. The molecular formula is C16H22N2O3. The third-order valence-electron chi connectivity index (χ3n) is 4.63. The van der Waals surface area contributed by atoms with E-state index >= 15 is 0 Å². The van der Waals surface area contributed by atoms with Crippen molar-refractivity contribution in [3.8, 4) is 0 Å². The second-order valence-electron chi connectivity index (χ2n) is 6.01. The maximum absolute atomic E-state index is 12.6. The lowest BCUT2D eigenvalue weighted by atomic mass is 9.73. The van der Waals surface area contributed by atoms with Gasteiger partial charge >= 0.3 is 0 Å². The summed E-state index contributed by atoms with van der Waals surface area (Å²) in [4.78, 5) is 18.6. The van der Waals surface area contributed by atoms with Gasteiger partial charge in [0, 0.05) is 50.2 Å². The predicted octanol–water partition coefficient (Wildman–Crippen LogP) is 1.74. The number of carbonyl (C=O) groups excluding carboxylic acids is 1. The van der Waals surface area contributed by atoms with Gasteiger partial charge in [-0.05, 0) is 31.4 Å².